The van der Waals surface area contributed by atoms with Gasteiger partial charge in [0.2, 0.25) is 0 Å². The lowest BCUT2D eigenvalue weighted by molar-refractivity contribution is 0.304. The van der Waals surface area contributed by atoms with E-state index < -0.39 is 0 Å². The van der Waals surface area contributed by atoms with Crippen molar-refractivity contribution in [2.75, 3.05) is 0 Å². The Hall–Kier alpha value is -2.07. The maximum Gasteiger partial charge on any atom is 0.127 e. The molecule has 2 fully saturated rings. The molecule has 2 saturated carbocycles. The summed E-state index contributed by atoms with van der Waals surface area (Å²) in [6.07, 6.45) is 8.62. The van der Waals surface area contributed by atoms with Crippen molar-refractivity contribution in [2.45, 2.75) is 43.9 Å². The Balaban J connectivity index is 1.46. The zero-order valence-electron chi connectivity index (χ0n) is 16.0. The SMILES string of the molecule is Clc1ccc(Cl)c(CNC2(c3cnccc3-c3ccccc3OC3CC3)CC2)c1. The van der Waals surface area contributed by atoms with Gasteiger partial charge in [0.05, 0.1) is 6.10 Å². The second kappa shape index (κ2) is 7.64. The molecule has 2 aromatic carbocycles. The number of nitrogens with one attached hydrogen (secondary N) is 1. The van der Waals surface area contributed by atoms with Gasteiger partial charge in [0.1, 0.15) is 5.75 Å². The first-order chi connectivity index (χ1) is 14.1. The van der Waals surface area contributed by atoms with E-state index in [0.717, 1.165) is 47.6 Å². The molecule has 3 aromatic rings. The topological polar surface area (TPSA) is 34.2 Å². The fraction of sp³-hybridized carbons (Fsp3) is 0.292. The van der Waals surface area contributed by atoms with Crippen LogP contribution in [-0.4, -0.2) is 11.1 Å². The third-order valence-electron chi connectivity index (χ3n) is 5.71. The van der Waals surface area contributed by atoms with Gasteiger partial charge in [-0.3, -0.25) is 4.98 Å². The smallest absolute Gasteiger partial charge is 0.127 e. The van der Waals surface area contributed by atoms with Gasteiger partial charge in [-0.05, 0) is 72.7 Å². The number of hydrogen-bond donors (Lipinski definition) is 1. The van der Waals surface area contributed by atoms with Crippen LogP contribution in [0.4, 0.5) is 0 Å². The van der Waals surface area contributed by atoms with Gasteiger partial charge in [0.15, 0.2) is 0 Å². The van der Waals surface area contributed by atoms with Crippen LogP contribution in [0.1, 0.15) is 36.8 Å². The van der Waals surface area contributed by atoms with E-state index in [1.54, 1.807) is 0 Å². The monoisotopic (exact) mass is 424 g/mol. The molecular formula is C24H22Cl2N2O. The fourth-order valence-electron chi connectivity index (χ4n) is 3.78. The number of rotatable bonds is 7. The molecule has 1 aromatic heterocycles. The largest absolute Gasteiger partial charge is 0.490 e. The highest BCUT2D eigenvalue weighted by Crippen LogP contribution is 2.50. The molecule has 0 amide bonds. The molecule has 148 valence electrons. The van der Waals surface area contributed by atoms with E-state index in [1.165, 1.54) is 11.1 Å². The Morgan fingerprint density at radius 3 is 2.66 bits per heavy atom. The van der Waals surface area contributed by atoms with Crippen molar-refractivity contribution in [2.24, 2.45) is 0 Å². The molecule has 1 heterocycles. The first-order valence-corrected chi connectivity index (χ1v) is 10.8. The number of halogens is 2. The van der Waals surface area contributed by atoms with Crippen LogP contribution >= 0.6 is 23.2 Å². The number of benzene rings is 2. The first kappa shape index (κ1) is 18.9. The van der Waals surface area contributed by atoms with E-state index in [2.05, 4.69) is 34.6 Å². The average Bonchev–Trinajstić information content (AvgIpc) is 3.66. The standard InChI is InChI=1S/C24H22Cl2N2O/c25-17-5-8-22(26)16(13-17)14-28-24(10-11-24)21-15-27-12-9-19(21)20-3-1-2-4-23(20)29-18-6-7-18/h1-5,8-9,12-13,15,18,28H,6-7,10-11,14H2. The third kappa shape index (κ3) is 4.00. The molecule has 2 aliphatic rings. The van der Waals surface area contributed by atoms with Crippen molar-refractivity contribution >= 4 is 23.2 Å². The van der Waals surface area contributed by atoms with Crippen LogP contribution in [0.15, 0.2) is 60.9 Å². The normalized spacial score (nSPS) is 17.2. The lowest BCUT2D eigenvalue weighted by atomic mass is 9.94. The molecule has 0 atom stereocenters. The van der Waals surface area contributed by atoms with Gasteiger partial charge < -0.3 is 10.1 Å². The summed E-state index contributed by atoms with van der Waals surface area (Å²) in [5.41, 5.74) is 4.43. The maximum absolute atomic E-state index is 6.37. The van der Waals surface area contributed by atoms with Gasteiger partial charge in [-0.15, -0.1) is 0 Å². The van der Waals surface area contributed by atoms with Crippen LogP contribution in [0, 0.1) is 0 Å². The Kier molecular flexibility index (Phi) is 4.99. The highest BCUT2D eigenvalue weighted by atomic mass is 35.5. The molecule has 5 heteroatoms. The van der Waals surface area contributed by atoms with Crippen molar-refractivity contribution < 1.29 is 4.74 Å². The minimum atomic E-state index is -0.0953. The summed E-state index contributed by atoms with van der Waals surface area (Å²) in [7, 11) is 0. The van der Waals surface area contributed by atoms with Gasteiger partial charge >= 0.3 is 0 Å². The number of nitrogens with zero attached hydrogens (tertiary/aromatic N) is 1. The molecule has 0 aliphatic heterocycles. The lowest BCUT2D eigenvalue weighted by Crippen LogP contribution is -2.29. The molecule has 0 bridgehead atoms. The van der Waals surface area contributed by atoms with Crippen LogP contribution in [0.25, 0.3) is 11.1 Å². The van der Waals surface area contributed by atoms with Crippen LogP contribution in [0.3, 0.4) is 0 Å². The minimum Gasteiger partial charge on any atom is -0.490 e. The third-order valence-corrected chi connectivity index (χ3v) is 6.31. The Bertz CT molecular complexity index is 1040. The van der Waals surface area contributed by atoms with E-state index in [4.69, 9.17) is 27.9 Å². The lowest BCUT2D eigenvalue weighted by Gasteiger charge is -2.22. The van der Waals surface area contributed by atoms with E-state index in [9.17, 15) is 0 Å². The van der Waals surface area contributed by atoms with Crippen LogP contribution < -0.4 is 10.1 Å². The quantitative estimate of drug-likeness (QED) is 0.477. The highest BCUT2D eigenvalue weighted by Gasteiger charge is 2.45. The summed E-state index contributed by atoms with van der Waals surface area (Å²) in [6.45, 7) is 0.661. The van der Waals surface area contributed by atoms with E-state index >= 15 is 0 Å². The summed E-state index contributed by atoms with van der Waals surface area (Å²) in [5, 5.41) is 5.16. The molecule has 29 heavy (non-hydrogen) atoms. The van der Waals surface area contributed by atoms with Gasteiger partial charge in [-0.2, -0.15) is 0 Å². The zero-order valence-corrected chi connectivity index (χ0v) is 17.5. The van der Waals surface area contributed by atoms with E-state index in [1.807, 2.05) is 36.7 Å². The molecule has 0 radical (unpaired) electrons. The predicted molar refractivity (Wildman–Crippen MR) is 118 cm³/mol. The Labute approximate surface area is 181 Å². The summed E-state index contributed by atoms with van der Waals surface area (Å²) in [4.78, 5) is 4.44. The molecule has 0 spiro atoms. The van der Waals surface area contributed by atoms with Gasteiger partial charge in [0.25, 0.3) is 0 Å². The van der Waals surface area contributed by atoms with Crippen LogP contribution in [0.2, 0.25) is 10.0 Å². The van der Waals surface area contributed by atoms with Crippen LogP contribution in [-0.2, 0) is 12.1 Å². The second-order valence-corrected chi connectivity index (χ2v) is 8.75. The van der Waals surface area contributed by atoms with Crippen molar-refractivity contribution in [1.29, 1.82) is 0 Å². The second-order valence-electron chi connectivity index (χ2n) is 7.91. The van der Waals surface area contributed by atoms with Gasteiger partial charge in [-0.1, -0.05) is 41.4 Å². The molecule has 2 aliphatic carbocycles. The number of aromatic nitrogens is 1. The van der Waals surface area contributed by atoms with Gasteiger partial charge in [-0.25, -0.2) is 0 Å². The molecule has 3 nitrogen and oxygen atoms in total. The first-order valence-electron chi connectivity index (χ1n) is 10.0. The predicted octanol–water partition coefficient (Wildman–Crippen LogP) is 6.38. The Morgan fingerprint density at radius 1 is 1.03 bits per heavy atom. The number of ether oxygens (including phenoxy) is 1. The molecule has 5 rings (SSSR count). The van der Waals surface area contributed by atoms with Gasteiger partial charge in [0, 0.05) is 40.1 Å². The minimum absolute atomic E-state index is 0.0953. The number of para-hydroxylation sites is 1. The fourth-order valence-corrected chi connectivity index (χ4v) is 4.16. The average molecular weight is 425 g/mol. The van der Waals surface area contributed by atoms with E-state index in [0.29, 0.717) is 17.7 Å². The van der Waals surface area contributed by atoms with Crippen molar-refractivity contribution in [3.8, 4) is 16.9 Å². The summed E-state index contributed by atoms with van der Waals surface area (Å²) >= 11 is 12.5. The summed E-state index contributed by atoms with van der Waals surface area (Å²) in [6, 6.07) is 16.0. The highest BCUT2D eigenvalue weighted by molar-refractivity contribution is 6.33. The Morgan fingerprint density at radius 2 is 1.86 bits per heavy atom. The molecule has 1 N–H and O–H groups in total. The van der Waals surface area contributed by atoms with Crippen molar-refractivity contribution in [3.05, 3.63) is 82.1 Å². The molecular weight excluding hydrogens is 403 g/mol. The van der Waals surface area contributed by atoms with Crippen molar-refractivity contribution in [1.82, 2.24) is 10.3 Å². The molecule has 0 saturated heterocycles. The molecule has 0 unspecified atom stereocenters. The van der Waals surface area contributed by atoms with E-state index in [-0.39, 0.29) is 5.54 Å². The summed E-state index contributed by atoms with van der Waals surface area (Å²) in [5.74, 6) is 0.955. The van der Waals surface area contributed by atoms with Crippen molar-refractivity contribution in [3.63, 3.8) is 0 Å². The maximum atomic E-state index is 6.37. The number of hydrogen-bond acceptors (Lipinski definition) is 3. The zero-order chi connectivity index (χ0) is 19.8. The summed E-state index contributed by atoms with van der Waals surface area (Å²) < 4.78 is 6.18. The van der Waals surface area contributed by atoms with Crippen LogP contribution in [0.5, 0.6) is 5.75 Å². The number of pyridine rings is 1.